The summed E-state index contributed by atoms with van der Waals surface area (Å²) in [5.74, 6) is -2.08. The van der Waals surface area contributed by atoms with E-state index in [1.807, 2.05) is 0 Å². The van der Waals surface area contributed by atoms with Crippen molar-refractivity contribution < 1.29 is 56.8 Å². The lowest BCUT2D eigenvalue weighted by molar-refractivity contribution is -0.297. The van der Waals surface area contributed by atoms with E-state index < -0.39 is 71.2 Å². The monoisotopic (exact) mass is 947 g/mol. The predicted molar refractivity (Wildman–Crippen MR) is 265 cm³/mol. The van der Waals surface area contributed by atoms with Gasteiger partial charge in [0.1, 0.15) is 36.8 Å². The van der Waals surface area contributed by atoms with Gasteiger partial charge < -0.3 is 34.3 Å². The van der Waals surface area contributed by atoms with Gasteiger partial charge in [-0.1, -0.05) is 150 Å². The van der Waals surface area contributed by atoms with Gasteiger partial charge in [0.15, 0.2) is 12.4 Å². The molecule has 376 valence electrons. The highest BCUT2D eigenvalue weighted by Gasteiger charge is 2.46. The number of carbonyl (C=O) groups excluding carboxylic acids is 2. The molecule has 0 spiro atoms. The first-order valence-electron chi connectivity index (χ1n) is 24.8. The molecule has 0 saturated carbocycles. The predicted octanol–water partition coefficient (Wildman–Crippen LogP) is 11.0. The summed E-state index contributed by atoms with van der Waals surface area (Å²) < 4.78 is 54.1. The van der Waals surface area contributed by atoms with Gasteiger partial charge in [-0.05, 0) is 103 Å². The summed E-state index contributed by atoms with van der Waals surface area (Å²) in [5.41, 5.74) is 0. The first-order chi connectivity index (χ1) is 32.0. The highest BCUT2D eigenvalue weighted by Crippen LogP contribution is 2.24. The van der Waals surface area contributed by atoms with Gasteiger partial charge in [0.2, 0.25) is 0 Å². The van der Waals surface area contributed by atoms with Crippen LogP contribution in [-0.4, -0.2) is 96.0 Å². The lowest BCUT2D eigenvalue weighted by atomic mass is 10.00. The van der Waals surface area contributed by atoms with Crippen LogP contribution in [0.4, 0.5) is 0 Å². The van der Waals surface area contributed by atoms with Gasteiger partial charge in [0.25, 0.3) is 10.1 Å². The molecule has 1 saturated heterocycles. The molecular formula is C53H86O12S. The topological polar surface area (TPSA) is 186 Å². The van der Waals surface area contributed by atoms with Crippen LogP contribution in [0.25, 0.3) is 0 Å². The number of ether oxygens (including phenoxy) is 4. The van der Waals surface area contributed by atoms with E-state index >= 15 is 0 Å². The third kappa shape index (κ3) is 35.7. The van der Waals surface area contributed by atoms with Gasteiger partial charge in [-0.25, -0.2) is 0 Å². The molecule has 13 heteroatoms. The zero-order valence-electron chi connectivity index (χ0n) is 40.3. The highest BCUT2D eigenvalue weighted by atomic mass is 32.2. The summed E-state index contributed by atoms with van der Waals surface area (Å²) in [5, 5.41) is 31.0. The molecule has 6 atom stereocenters. The first-order valence-corrected chi connectivity index (χ1v) is 26.4. The summed E-state index contributed by atoms with van der Waals surface area (Å²) in [6.45, 7) is 3.65. The molecule has 0 bridgehead atoms. The number of hydrogen-bond donors (Lipinski definition) is 4. The maximum absolute atomic E-state index is 12.9. The Kier molecular flexibility index (Phi) is 38.3. The quantitative estimate of drug-likeness (QED) is 0.0197. The molecule has 0 radical (unpaired) electrons. The van der Waals surface area contributed by atoms with E-state index in [0.717, 1.165) is 89.9 Å². The maximum atomic E-state index is 12.9. The van der Waals surface area contributed by atoms with Crippen LogP contribution in [0, 0.1) is 0 Å². The van der Waals surface area contributed by atoms with Crippen LogP contribution in [0.2, 0.25) is 0 Å². The molecule has 12 nitrogen and oxygen atoms in total. The molecule has 0 aromatic heterocycles. The number of hydrogen-bond acceptors (Lipinski definition) is 11. The number of esters is 2. The van der Waals surface area contributed by atoms with E-state index in [4.69, 9.17) is 18.9 Å². The fourth-order valence-corrected chi connectivity index (χ4v) is 7.45. The van der Waals surface area contributed by atoms with Crippen molar-refractivity contribution in [2.75, 3.05) is 19.0 Å². The highest BCUT2D eigenvalue weighted by molar-refractivity contribution is 7.85. The van der Waals surface area contributed by atoms with Gasteiger partial charge in [0.05, 0.1) is 6.61 Å². The Balaban J connectivity index is 2.47. The Morgan fingerprint density at radius 2 is 0.909 bits per heavy atom. The molecule has 0 aromatic rings. The minimum absolute atomic E-state index is 0.113. The summed E-state index contributed by atoms with van der Waals surface area (Å²) >= 11 is 0. The second-order valence-corrected chi connectivity index (χ2v) is 18.3. The molecule has 0 amide bonds. The summed E-state index contributed by atoms with van der Waals surface area (Å²) in [4.78, 5) is 25.5. The molecule has 4 N–H and O–H groups in total. The molecule has 66 heavy (non-hydrogen) atoms. The zero-order chi connectivity index (χ0) is 48.4. The van der Waals surface area contributed by atoms with Crippen LogP contribution in [0.1, 0.15) is 168 Å². The van der Waals surface area contributed by atoms with E-state index in [0.29, 0.717) is 12.8 Å². The molecule has 1 fully saturated rings. The van der Waals surface area contributed by atoms with Crippen molar-refractivity contribution in [1.29, 1.82) is 0 Å². The molecule has 1 heterocycles. The third-order valence-corrected chi connectivity index (χ3v) is 11.4. The van der Waals surface area contributed by atoms with Crippen molar-refractivity contribution in [1.82, 2.24) is 0 Å². The smallest absolute Gasteiger partial charge is 0.306 e. The Morgan fingerprint density at radius 3 is 1.32 bits per heavy atom. The number of carbonyl (C=O) groups is 2. The van der Waals surface area contributed by atoms with Crippen molar-refractivity contribution in [2.24, 2.45) is 0 Å². The lowest BCUT2D eigenvalue weighted by Crippen LogP contribution is -2.60. The fourth-order valence-electron chi connectivity index (χ4n) is 6.76. The van der Waals surface area contributed by atoms with E-state index in [2.05, 4.69) is 111 Å². The van der Waals surface area contributed by atoms with Crippen molar-refractivity contribution in [3.63, 3.8) is 0 Å². The minimum Gasteiger partial charge on any atom is -0.462 e. The largest absolute Gasteiger partial charge is 0.462 e. The van der Waals surface area contributed by atoms with Gasteiger partial charge in [-0.15, -0.1) is 0 Å². The Bertz CT molecular complexity index is 1580. The fraction of sp³-hybridized carbons (Fsp3) is 0.660. The van der Waals surface area contributed by atoms with Crippen LogP contribution in [0.3, 0.4) is 0 Å². The van der Waals surface area contributed by atoms with Crippen LogP contribution in [-0.2, 0) is 38.7 Å². The van der Waals surface area contributed by atoms with Gasteiger partial charge in [0, 0.05) is 12.8 Å². The third-order valence-electron chi connectivity index (χ3n) is 10.6. The van der Waals surface area contributed by atoms with Crippen LogP contribution in [0.5, 0.6) is 0 Å². The molecule has 1 rings (SSSR count). The SMILES string of the molecule is CCCCC/C=C/C/C=C/C/C=C/C/C=C/CCCCCC(=O)OC[C@H](CO[C@H]1O[C@H](CS(=O)(=O)O)[C@@H](O)C(O)C1O)OC(=O)CCCCC/C=C/C/C=C/C/C=C/C/C=C/CCCCC. The normalized spacial score (nSPS) is 20.2. The molecule has 0 aromatic carbocycles. The van der Waals surface area contributed by atoms with Crippen molar-refractivity contribution in [2.45, 2.75) is 205 Å². The van der Waals surface area contributed by atoms with Crippen LogP contribution in [0.15, 0.2) is 97.2 Å². The number of rotatable bonds is 40. The molecular weight excluding hydrogens is 861 g/mol. The average molecular weight is 947 g/mol. The second kappa shape index (κ2) is 41.7. The maximum Gasteiger partial charge on any atom is 0.306 e. The van der Waals surface area contributed by atoms with Crippen molar-refractivity contribution in [3.8, 4) is 0 Å². The van der Waals surface area contributed by atoms with E-state index in [-0.39, 0.29) is 19.4 Å². The lowest BCUT2D eigenvalue weighted by Gasteiger charge is -2.40. The van der Waals surface area contributed by atoms with Gasteiger partial charge in [-0.3, -0.25) is 14.1 Å². The molecule has 1 aliphatic heterocycles. The summed E-state index contributed by atoms with van der Waals surface area (Å²) in [7, 11) is -4.62. The van der Waals surface area contributed by atoms with Crippen molar-refractivity contribution >= 4 is 22.1 Å². The zero-order valence-corrected chi connectivity index (χ0v) is 41.1. The Morgan fingerprint density at radius 1 is 0.515 bits per heavy atom. The summed E-state index contributed by atoms with van der Waals surface area (Å²) in [6.07, 6.45) is 47.2. The number of aliphatic hydroxyl groups is 3. The standard InChI is InChI=1S/C53H86O12S/c1-3-5-7-9-11-13-15-17-19-21-23-25-27-29-31-33-35-37-39-41-48(54)62-43-46(44-63-53-52(58)51(57)50(56)47(65-53)45-66(59,60)61)64-49(55)42-40-38-36-34-32-30-28-26-24-22-20-18-16-14-12-10-8-6-4-2/h11-14,17-20,23-26,29-32,46-47,50-53,56-58H,3-10,15-16,21-22,27-28,33-45H2,1-2H3,(H,59,60,61)/b13-11+,14-12+,19-17+,20-18+,25-23+,26-24+,31-29+,32-30+/t46-,47-,50-,51?,52?,53+/m1/s1. The molecule has 2 unspecified atom stereocenters. The molecule has 1 aliphatic rings. The van der Waals surface area contributed by atoms with Crippen molar-refractivity contribution in [3.05, 3.63) is 97.2 Å². The van der Waals surface area contributed by atoms with E-state index in [1.54, 1.807) is 0 Å². The van der Waals surface area contributed by atoms with E-state index in [9.17, 15) is 37.9 Å². The second-order valence-electron chi connectivity index (χ2n) is 16.8. The van der Waals surface area contributed by atoms with Gasteiger partial charge >= 0.3 is 11.9 Å². The first kappa shape index (κ1) is 60.6. The van der Waals surface area contributed by atoms with Crippen LogP contribution >= 0.6 is 0 Å². The van der Waals surface area contributed by atoms with Crippen LogP contribution < -0.4 is 0 Å². The number of unbranched alkanes of at least 4 members (excludes halogenated alkanes) is 12. The number of aliphatic hydroxyl groups excluding tert-OH is 3. The molecule has 0 aliphatic carbocycles. The van der Waals surface area contributed by atoms with Gasteiger partial charge in [-0.2, -0.15) is 8.42 Å². The Hall–Kier alpha value is -3.43. The van der Waals surface area contributed by atoms with E-state index in [1.165, 1.54) is 38.5 Å². The minimum atomic E-state index is -4.62. The summed E-state index contributed by atoms with van der Waals surface area (Å²) in [6, 6.07) is 0. The average Bonchev–Trinajstić information content (AvgIpc) is 3.28. The Labute approximate surface area is 398 Å². The number of allylic oxidation sites excluding steroid dienone is 16.